The second kappa shape index (κ2) is 8.67. The van der Waals surface area contributed by atoms with Crippen molar-refractivity contribution in [2.45, 2.75) is 31.8 Å². The van der Waals surface area contributed by atoms with Crippen LogP contribution in [0.15, 0.2) is 42.6 Å². The zero-order chi connectivity index (χ0) is 17.5. The fourth-order valence-corrected chi connectivity index (χ4v) is 3.30. The van der Waals surface area contributed by atoms with E-state index in [2.05, 4.69) is 44.9 Å². The summed E-state index contributed by atoms with van der Waals surface area (Å²) in [6.45, 7) is 3.54. The molecular formula is C19H27N5O. The highest BCUT2D eigenvalue weighted by Crippen LogP contribution is 2.13. The molecule has 1 aromatic heterocycles. The lowest BCUT2D eigenvalue weighted by molar-refractivity contribution is 0.180. The van der Waals surface area contributed by atoms with Crippen molar-refractivity contribution >= 4 is 6.03 Å². The van der Waals surface area contributed by atoms with Crippen molar-refractivity contribution in [1.29, 1.82) is 0 Å². The van der Waals surface area contributed by atoms with Crippen LogP contribution < -0.4 is 10.6 Å². The molecule has 0 spiro atoms. The highest BCUT2D eigenvalue weighted by Gasteiger charge is 2.21. The second-order valence-corrected chi connectivity index (χ2v) is 6.69. The van der Waals surface area contributed by atoms with Crippen molar-refractivity contribution in [2.75, 3.05) is 19.6 Å². The number of nitrogens with one attached hydrogen (secondary N) is 2. The molecule has 0 aliphatic carbocycles. The number of carbonyl (C=O) groups is 1. The molecule has 1 aliphatic rings. The van der Waals surface area contributed by atoms with Crippen molar-refractivity contribution in [2.24, 2.45) is 7.05 Å². The number of amides is 2. The highest BCUT2D eigenvalue weighted by molar-refractivity contribution is 5.74. The van der Waals surface area contributed by atoms with Gasteiger partial charge >= 0.3 is 6.03 Å². The van der Waals surface area contributed by atoms with Crippen LogP contribution in [0.3, 0.4) is 0 Å². The van der Waals surface area contributed by atoms with Gasteiger partial charge in [-0.05, 0) is 31.0 Å². The summed E-state index contributed by atoms with van der Waals surface area (Å²) in [4.78, 5) is 14.5. The van der Waals surface area contributed by atoms with Crippen LogP contribution in [-0.4, -0.2) is 46.4 Å². The Bertz CT molecular complexity index is 669. The number of aryl methyl sites for hydroxylation is 1. The molecule has 2 amide bonds. The first-order valence-electron chi connectivity index (χ1n) is 8.98. The highest BCUT2D eigenvalue weighted by atomic mass is 16.2. The third-order valence-electron chi connectivity index (χ3n) is 4.53. The lowest BCUT2D eigenvalue weighted by Gasteiger charge is -2.33. The van der Waals surface area contributed by atoms with Crippen molar-refractivity contribution in [3.05, 3.63) is 53.9 Å². The molecule has 1 fully saturated rings. The number of nitrogens with zero attached hydrogens (tertiary/aromatic N) is 3. The van der Waals surface area contributed by atoms with Crippen LogP contribution in [0.25, 0.3) is 0 Å². The van der Waals surface area contributed by atoms with E-state index in [9.17, 15) is 4.79 Å². The number of carbonyl (C=O) groups excluding carboxylic acids is 1. The number of urea groups is 1. The zero-order valence-electron chi connectivity index (χ0n) is 14.8. The number of hydrogen-bond acceptors (Lipinski definition) is 3. The van der Waals surface area contributed by atoms with Crippen LogP contribution in [0.5, 0.6) is 0 Å². The fourth-order valence-electron chi connectivity index (χ4n) is 3.30. The predicted octanol–water partition coefficient (Wildman–Crippen LogP) is 1.93. The third kappa shape index (κ3) is 5.60. The Hall–Kier alpha value is -2.34. The molecule has 0 saturated carbocycles. The van der Waals surface area contributed by atoms with Crippen molar-refractivity contribution in [3.63, 3.8) is 0 Å². The van der Waals surface area contributed by atoms with Crippen LogP contribution in [0, 0.1) is 0 Å². The molecule has 0 radical (unpaired) electrons. The molecule has 2 heterocycles. The SMILES string of the molecule is Cn1ccc(CCNC(=O)NC2CCCN(Cc3ccccc3)C2)n1. The summed E-state index contributed by atoms with van der Waals surface area (Å²) in [7, 11) is 1.90. The van der Waals surface area contributed by atoms with E-state index in [1.165, 1.54) is 5.56 Å². The van der Waals surface area contributed by atoms with Gasteiger partial charge in [0.2, 0.25) is 0 Å². The monoisotopic (exact) mass is 341 g/mol. The molecular weight excluding hydrogens is 314 g/mol. The standard InChI is InChI=1S/C19H27N5O/c1-23-13-10-17(22-23)9-11-20-19(25)21-18-8-5-12-24(15-18)14-16-6-3-2-4-7-16/h2-4,6-7,10,13,18H,5,8-9,11-12,14-15H2,1H3,(H2,20,21,25). The van der Waals surface area contributed by atoms with E-state index in [4.69, 9.17) is 0 Å². The van der Waals surface area contributed by atoms with E-state index < -0.39 is 0 Å². The second-order valence-electron chi connectivity index (χ2n) is 6.69. The maximum atomic E-state index is 12.1. The number of benzene rings is 1. The molecule has 3 rings (SSSR count). The van der Waals surface area contributed by atoms with Gasteiger partial charge in [-0.1, -0.05) is 30.3 Å². The molecule has 1 aromatic carbocycles. The largest absolute Gasteiger partial charge is 0.338 e. The van der Waals surface area contributed by atoms with Crippen LogP contribution in [0.4, 0.5) is 4.79 Å². The number of hydrogen-bond donors (Lipinski definition) is 2. The average Bonchev–Trinajstić information content (AvgIpc) is 3.01. The number of aromatic nitrogens is 2. The van der Waals surface area contributed by atoms with Crippen LogP contribution >= 0.6 is 0 Å². The average molecular weight is 341 g/mol. The van der Waals surface area contributed by atoms with Gasteiger partial charge in [0, 0.05) is 45.3 Å². The molecule has 6 nitrogen and oxygen atoms in total. The number of piperidine rings is 1. The summed E-state index contributed by atoms with van der Waals surface area (Å²) in [5.74, 6) is 0. The summed E-state index contributed by atoms with van der Waals surface area (Å²) in [6, 6.07) is 12.6. The Morgan fingerprint density at radius 3 is 2.88 bits per heavy atom. The first-order valence-corrected chi connectivity index (χ1v) is 8.98. The van der Waals surface area contributed by atoms with E-state index in [0.29, 0.717) is 6.54 Å². The molecule has 2 aromatic rings. The van der Waals surface area contributed by atoms with Gasteiger partial charge in [0.1, 0.15) is 0 Å². The van der Waals surface area contributed by atoms with Gasteiger partial charge in [-0.2, -0.15) is 5.10 Å². The van der Waals surface area contributed by atoms with Crippen LogP contribution in [-0.2, 0) is 20.0 Å². The molecule has 6 heteroatoms. The van der Waals surface area contributed by atoms with Gasteiger partial charge in [0.15, 0.2) is 0 Å². The first kappa shape index (κ1) is 17.5. The molecule has 25 heavy (non-hydrogen) atoms. The maximum absolute atomic E-state index is 12.1. The summed E-state index contributed by atoms with van der Waals surface area (Å²) in [5, 5.41) is 10.4. The van der Waals surface area contributed by atoms with E-state index in [1.54, 1.807) is 4.68 Å². The first-order chi connectivity index (χ1) is 12.2. The zero-order valence-corrected chi connectivity index (χ0v) is 14.8. The minimum absolute atomic E-state index is 0.0810. The minimum Gasteiger partial charge on any atom is -0.338 e. The van der Waals surface area contributed by atoms with E-state index in [1.807, 2.05) is 25.4 Å². The quantitative estimate of drug-likeness (QED) is 0.844. The van der Waals surface area contributed by atoms with Gasteiger partial charge in [-0.3, -0.25) is 9.58 Å². The molecule has 1 saturated heterocycles. The lowest BCUT2D eigenvalue weighted by Crippen LogP contribution is -2.50. The Balaban J connectivity index is 1.38. The van der Waals surface area contributed by atoms with Crippen molar-refractivity contribution in [3.8, 4) is 0 Å². The Kier molecular flexibility index (Phi) is 6.06. The number of likely N-dealkylation sites (tertiary alicyclic amines) is 1. The molecule has 1 unspecified atom stereocenters. The summed E-state index contributed by atoms with van der Waals surface area (Å²) < 4.78 is 1.78. The van der Waals surface area contributed by atoms with Crippen LogP contribution in [0.2, 0.25) is 0 Å². The normalized spacial score (nSPS) is 18.0. The van der Waals surface area contributed by atoms with Gasteiger partial charge in [0.05, 0.1) is 5.69 Å². The van der Waals surface area contributed by atoms with Gasteiger partial charge in [0.25, 0.3) is 0 Å². The summed E-state index contributed by atoms with van der Waals surface area (Å²) in [6.07, 6.45) is 4.82. The number of rotatable bonds is 6. The Morgan fingerprint density at radius 1 is 1.28 bits per heavy atom. The Morgan fingerprint density at radius 2 is 2.12 bits per heavy atom. The minimum atomic E-state index is -0.0810. The molecule has 2 N–H and O–H groups in total. The van der Waals surface area contributed by atoms with Crippen molar-refractivity contribution in [1.82, 2.24) is 25.3 Å². The topological polar surface area (TPSA) is 62.2 Å². The maximum Gasteiger partial charge on any atom is 0.315 e. The molecule has 1 aliphatic heterocycles. The lowest BCUT2D eigenvalue weighted by atomic mass is 10.0. The van der Waals surface area contributed by atoms with E-state index >= 15 is 0 Å². The van der Waals surface area contributed by atoms with E-state index in [0.717, 1.165) is 44.6 Å². The summed E-state index contributed by atoms with van der Waals surface area (Å²) >= 11 is 0. The van der Waals surface area contributed by atoms with Crippen molar-refractivity contribution < 1.29 is 4.79 Å². The molecule has 134 valence electrons. The molecule has 1 atom stereocenters. The predicted molar refractivity (Wildman–Crippen MR) is 98.2 cm³/mol. The molecule has 0 bridgehead atoms. The van der Waals surface area contributed by atoms with Gasteiger partial charge in [-0.25, -0.2) is 4.79 Å². The Labute approximate surface area is 149 Å². The summed E-state index contributed by atoms with van der Waals surface area (Å²) in [5.41, 5.74) is 2.32. The smallest absolute Gasteiger partial charge is 0.315 e. The van der Waals surface area contributed by atoms with Crippen LogP contribution in [0.1, 0.15) is 24.1 Å². The van der Waals surface area contributed by atoms with E-state index in [-0.39, 0.29) is 12.1 Å². The van der Waals surface area contributed by atoms with Gasteiger partial charge < -0.3 is 10.6 Å². The van der Waals surface area contributed by atoms with Gasteiger partial charge in [-0.15, -0.1) is 0 Å². The third-order valence-corrected chi connectivity index (χ3v) is 4.53. The fraction of sp³-hybridized carbons (Fsp3) is 0.474.